The third-order valence-electron chi connectivity index (χ3n) is 3.42. The summed E-state index contributed by atoms with van der Waals surface area (Å²) in [7, 11) is 0. The van der Waals surface area contributed by atoms with Gasteiger partial charge in [0, 0.05) is 22.9 Å². The van der Waals surface area contributed by atoms with Crippen molar-refractivity contribution in [1.29, 1.82) is 0 Å². The predicted octanol–water partition coefficient (Wildman–Crippen LogP) is 2.77. The lowest BCUT2D eigenvalue weighted by molar-refractivity contribution is -0.119. The topological polar surface area (TPSA) is 76.3 Å². The summed E-state index contributed by atoms with van der Waals surface area (Å²) in [6, 6.07) is 7.23. The molecule has 120 valence electrons. The highest BCUT2D eigenvalue weighted by atomic mass is 35.5. The molecule has 1 saturated heterocycles. The summed E-state index contributed by atoms with van der Waals surface area (Å²) in [5.74, 6) is -0.00495. The van der Waals surface area contributed by atoms with E-state index < -0.39 is 11.3 Å². The first-order chi connectivity index (χ1) is 11.0. The summed E-state index contributed by atoms with van der Waals surface area (Å²) in [6.45, 7) is 2.35. The second kappa shape index (κ2) is 6.51. The molecule has 0 radical (unpaired) electrons. The summed E-state index contributed by atoms with van der Waals surface area (Å²) in [5, 5.41) is 0.751. The molecule has 0 spiro atoms. The lowest BCUT2D eigenvalue weighted by Crippen LogP contribution is -2.42. The monoisotopic (exact) mass is 367 g/mol. The average molecular weight is 368 g/mol. The summed E-state index contributed by atoms with van der Waals surface area (Å²) in [6.07, 6.45) is 0. The number of thiazole rings is 1. The highest BCUT2D eigenvalue weighted by molar-refractivity contribution is 8.00. The summed E-state index contributed by atoms with van der Waals surface area (Å²) < 4.78 is 0. The SMILES string of the molecule is Cc1nc(-c2cccc(Cl)c2)c(C(=O)N2CCSC2C(N)=O)s1. The molecule has 0 saturated carbocycles. The van der Waals surface area contributed by atoms with E-state index in [2.05, 4.69) is 4.98 Å². The van der Waals surface area contributed by atoms with Crippen molar-refractivity contribution in [1.82, 2.24) is 9.88 Å². The van der Waals surface area contributed by atoms with Gasteiger partial charge < -0.3 is 10.6 Å². The number of benzene rings is 1. The molecule has 1 aromatic carbocycles. The Morgan fingerprint density at radius 2 is 2.22 bits per heavy atom. The molecule has 0 aliphatic carbocycles. The lowest BCUT2D eigenvalue weighted by Gasteiger charge is -2.20. The molecule has 2 N–H and O–H groups in total. The number of carbonyl (C=O) groups is 2. The Morgan fingerprint density at radius 3 is 2.91 bits per heavy atom. The number of amides is 2. The van der Waals surface area contributed by atoms with Crippen LogP contribution >= 0.6 is 34.7 Å². The lowest BCUT2D eigenvalue weighted by atomic mass is 10.1. The van der Waals surface area contributed by atoms with Gasteiger partial charge in [0.2, 0.25) is 0 Å². The zero-order valence-electron chi connectivity index (χ0n) is 12.3. The molecule has 2 aromatic rings. The Kier molecular flexibility index (Phi) is 4.61. The van der Waals surface area contributed by atoms with Crippen LogP contribution in [0.25, 0.3) is 11.3 Å². The van der Waals surface area contributed by atoms with Crippen molar-refractivity contribution in [3.8, 4) is 11.3 Å². The Morgan fingerprint density at radius 1 is 1.43 bits per heavy atom. The number of aromatic nitrogens is 1. The van der Waals surface area contributed by atoms with E-state index in [-0.39, 0.29) is 5.91 Å². The van der Waals surface area contributed by atoms with Gasteiger partial charge in [-0.3, -0.25) is 9.59 Å². The number of primary amides is 1. The Hall–Kier alpha value is -1.57. The van der Waals surface area contributed by atoms with Gasteiger partial charge in [-0.2, -0.15) is 0 Å². The number of halogens is 1. The highest BCUT2D eigenvalue weighted by Crippen LogP contribution is 2.33. The number of rotatable bonds is 3. The molecule has 2 amide bonds. The molecular weight excluding hydrogens is 354 g/mol. The number of hydrogen-bond donors (Lipinski definition) is 1. The molecule has 1 aliphatic heterocycles. The van der Waals surface area contributed by atoms with Crippen LogP contribution in [-0.2, 0) is 4.79 Å². The van der Waals surface area contributed by atoms with Crippen molar-refractivity contribution in [2.24, 2.45) is 5.73 Å². The number of hydrogen-bond acceptors (Lipinski definition) is 5. The first-order valence-electron chi connectivity index (χ1n) is 6.92. The maximum absolute atomic E-state index is 12.9. The van der Waals surface area contributed by atoms with E-state index in [1.165, 1.54) is 28.0 Å². The highest BCUT2D eigenvalue weighted by Gasteiger charge is 2.36. The molecule has 3 rings (SSSR count). The van der Waals surface area contributed by atoms with Gasteiger partial charge in [0.25, 0.3) is 11.8 Å². The zero-order valence-corrected chi connectivity index (χ0v) is 14.7. The Balaban J connectivity index is 2.00. The molecular formula is C15H14ClN3O2S2. The largest absolute Gasteiger partial charge is 0.367 e. The number of thioether (sulfide) groups is 1. The van der Waals surface area contributed by atoms with E-state index in [4.69, 9.17) is 17.3 Å². The Labute approximate surface area is 146 Å². The third-order valence-corrected chi connectivity index (χ3v) is 5.84. The zero-order chi connectivity index (χ0) is 16.6. The quantitative estimate of drug-likeness (QED) is 0.904. The van der Waals surface area contributed by atoms with Gasteiger partial charge in [-0.05, 0) is 19.1 Å². The van der Waals surface area contributed by atoms with Crippen LogP contribution in [-0.4, -0.2) is 39.4 Å². The summed E-state index contributed by atoms with van der Waals surface area (Å²) in [4.78, 5) is 30.9. The Bertz CT molecular complexity index is 778. The van der Waals surface area contributed by atoms with Gasteiger partial charge in [-0.1, -0.05) is 23.7 Å². The van der Waals surface area contributed by atoms with Crippen LogP contribution in [0.3, 0.4) is 0 Å². The van der Waals surface area contributed by atoms with Crippen LogP contribution in [0.5, 0.6) is 0 Å². The minimum absolute atomic E-state index is 0.209. The molecule has 1 fully saturated rings. The van der Waals surface area contributed by atoms with Gasteiger partial charge in [-0.25, -0.2) is 4.98 Å². The molecule has 1 aliphatic rings. The van der Waals surface area contributed by atoms with Crippen molar-refractivity contribution in [2.75, 3.05) is 12.3 Å². The van der Waals surface area contributed by atoms with Crippen LogP contribution in [0.15, 0.2) is 24.3 Å². The predicted molar refractivity (Wildman–Crippen MR) is 93.8 cm³/mol. The fraction of sp³-hybridized carbons (Fsp3) is 0.267. The smallest absolute Gasteiger partial charge is 0.267 e. The van der Waals surface area contributed by atoms with Gasteiger partial charge >= 0.3 is 0 Å². The van der Waals surface area contributed by atoms with E-state index in [0.717, 1.165) is 10.6 Å². The van der Waals surface area contributed by atoms with Gasteiger partial charge in [0.1, 0.15) is 4.88 Å². The number of aryl methyl sites for hydroxylation is 1. The van der Waals surface area contributed by atoms with Crippen LogP contribution in [0.1, 0.15) is 14.7 Å². The van der Waals surface area contributed by atoms with Crippen molar-refractivity contribution >= 4 is 46.5 Å². The molecule has 1 atom stereocenters. The van der Waals surface area contributed by atoms with Crippen LogP contribution in [0.2, 0.25) is 5.02 Å². The molecule has 8 heteroatoms. The van der Waals surface area contributed by atoms with Crippen LogP contribution in [0.4, 0.5) is 0 Å². The maximum atomic E-state index is 12.9. The van der Waals surface area contributed by atoms with Crippen molar-refractivity contribution in [2.45, 2.75) is 12.3 Å². The third kappa shape index (κ3) is 3.22. The van der Waals surface area contributed by atoms with Gasteiger partial charge in [0.05, 0.1) is 10.7 Å². The van der Waals surface area contributed by atoms with Crippen molar-refractivity contribution in [3.05, 3.63) is 39.2 Å². The summed E-state index contributed by atoms with van der Waals surface area (Å²) in [5.41, 5.74) is 6.78. The first-order valence-corrected chi connectivity index (χ1v) is 9.17. The van der Waals surface area contributed by atoms with E-state index in [1.54, 1.807) is 12.1 Å². The standard InChI is InChI=1S/C15H14ClN3O2S2/c1-8-18-11(9-3-2-4-10(16)7-9)12(23-8)14(21)19-5-6-22-15(19)13(17)20/h2-4,7,15H,5-6H2,1H3,(H2,17,20). The normalized spacial score (nSPS) is 17.5. The van der Waals surface area contributed by atoms with Crippen LogP contribution < -0.4 is 5.73 Å². The molecule has 1 unspecified atom stereocenters. The average Bonchev–Trinajstić information content (AvgIpc) is 3.13. The number of nitrogens with zero attached hydrogens (tertiary/aromatic N) is 2. The maximum Gasteiger partial charge on any atom is 0.267 e. The van der Waals surface area contributed by atoms with E-state index in [0.29, 0.717) is 27.9 Å². The second-order valence-electron chi connectivity index (χ2n) is 5.05. The van der Waals surface area contributed by atoms with Crippen molar-refractivity contribution < 1.29 is 9.59 Å². The number of nitrogens with two attached hydrogens (primary N) is 1. The fourth-order valence-corrected chi connectivity index (χ4v) is 4.61. The van der Waals surface area contributed by atoms with Gasteiger partial charge in [0.15, 0.2) is 5.37 Å². The molecule has 2 heterocycles. The van der Waals surface area contributed by atoms with E-state index in [9.17, 15) is 9.59 Å². The van der Waals surface area contributed by atoms with Crippen molar-refractivity contribution in [3.63, 3.8) is 0 Å². The van der Waals surface area contributed by atoms with Crippen LogP contribution in [0, 0.1) is 6.92 Å². The summed E-state index contributed by atoms with van der Waals surface area (Å²) >= 11 is 8.74. The molecule has 0 bridgehead atoms. The molecule has 23 heavy (non-hydrogen) atoms. The minimum Gasteiger partial charge on any atom is -0.367 e. The molecule has 5 nitrogen and oxygen atoms in total. The number of carbonyl (C=O) groups excluding carboxylic acids is 2. The molecule has 1 aromatic heterocycles. The second-order valence-corrected chi connectivity index (χ2v) is 7.87. The van der Waals surface area contributed by atoms with Gasteiger partial charge in [-0.15, -0.1) is 23.1 Å². The fourth-order valence-electron chi connectivity index (χ4n) is 2.45. The minimum atomic E-state index is -0.614. The first kappa shape index (κ1) is 16.3. The van der Waals surface area contributed by atoms with E-state index >= 15 is 0 Å². The van der Waals surface area contributed by atoms with E-state index in [1.807, 2.05) is 19.1 Å².